The smallest absolute Gasteiger partial charge is 0.237 e. The van der Waals surface area contributed by atoms with E-state index in [9.17, 15) is 4.79 Å². The number of carbonyl (C=O) groups excluding carboxylic acids is 1. The van der Waals surface area contributed by atoms with Crippen LogP contribution in [0, 0.1) is 0 Å². The maximum absolute atomic E-state index is 11.3. The first-order chi connectivity index (χ1) is 6.98. The molecule has 0 spiro atoms. The minimum Gasteiger partial charge on any atom is -0.368 e. The Hall–Kier alpha value is -0.220. The minimum atomic E-state index is -0.747. The van der Waals surface area contributed by atoms with E-state index in [1.54, 1.807) is 0 Å². The van der Waals surface area contributed by atoms with Gasteiger partial charge in [0, 0.05) is 10.5 Å². The third-order valence-electron chi connectivity index (χ3n) is 3.23. The first-order valence-electron chi connectivity index (χ1n) is 5.72. The fourth-order valence-electron chi connectivity index (χ4n) is 2.02. The molecule has 1 aliphatic carbocycles. The third-order valence-corrected chi connectivity index (χ3v) is 4.82. The van der Waals surface area contributed by atoms with Gasteiger partial charge in [-0.05, 0) is 32.1 Å². The first-order valence-corrected chi connectivity index (χ1v) is 6.66. The number of carbonyl (C=O) groups is 1. The minimum absolute atomic E-state index is 0.336. The number of hydrogen-bond acceptors (Lipinski definition) is 3. The molecule has 1 saturated carbocycles. The van der Waals surface area contributed by atoms with E-state index >= 15 is 0 Å². The van der Waals surface area contributed by atoms with Crippen molar-refractivity contribution in [2.45, 2.75) is 62.0 Å². The third kappa shape index (κ3) is 3.38. The average molecular weight is 230 g/mol. The largest absolute Gasteiger partial charge is 0.368 e. The van der Waals surface area contributed by atoms with Crippen molar-refractivity contribution >= 4 is 17.7 Å². The molecule has 88 valence electrons. The maximum atomic E-state index is 11.3. The summed E-state index contributed by atoms with van der Waals surface area (Å²) in [7, 11) is 0. The molecule has 3 nitrogen and oxygen atoms in total. The van der Waals surface area contributed by atoms with Crippen LogP contribution in [0.25, 0.3) is 0 Å². The molecule has 1 amide bonds. The van der Waals surface area contributed by atoms with Crippen LogP contribution in [-0.2, 0) is 4.79 Å². The monoisotopic (exact) mass is 230 g/mol. The van der Waals surface area contributed by atoms with Crippen molar-refractivity contribution in [1.82, 2.24) is 0 Å². The highest BCUT2D eigenvalue weighted by Crippen LogP contribution is 2.35. The highest BCUT2D eigenvalue weighted by Gasteiger charge is 2.38. The van der Waals surface area contributed by atoms with Gasteiger partial charge in [-0.1, -0.05) is 13.8 Å². The van der Waals surface area contributed by atoms with Gasteiger partial charge in [0.25, 0.3) is 0 Å². The van der Waals surface area contributed by atoms with Gasteiger partial charge in [-0.3, -0.25) is 4.79 Å². The highest BCUT2D eigenvalue weighted by atomic mass is 32.2. The van der Waals surface area contributed by atoms with E-state index < -0.39 is 5.54 Å². The molecule has 0 aromatic rings. The molecule has 0 saturated heterocycles. The number of rotatable bonds is 4. The van der Waals surface area contributed by atoms with Crippen molar-refractivity contribution in [3.8, 4) is 0 Å². The highest BCUT2D eigenvalue weighted by molar-refractivity contribution is 8.00. The topological polar surface area (TPSA) is 69.1 Å². The van der Waals surface area contributed by atoms with Gasteiger partial charge in [0.2, 0.25) is 5.91 Å². The van der Waals surface area contributed by atoms with Gasteiger partial charge < -0.3 is 11.5 Å². The van der Waals surface area contributed by atoms with Crippen LogP contribution < -0.4 is 11.5 Å². The summed E-state index contributed by atoms with van der Waals surface area (Å²) in [5.41, 5.74) is 10.6. The standard InChI is InChI=1S/C11H22N2OS/c1-3-8(2)15-9-5-4-6-11(13,7-9)10(12)14/h8-9H,3-7,13H2,1-2H3,(H2,12,14). The van der Waals surface area contributed by atoms with Gasteiger partial charge in [0.1, 0.15) is 0 Å². The van der Waals surface area contributed by atoms with Crippen molar-refractivity contribution in [3.05, 3.63) is 0 Å². The van der Waals surface area contributed by atoms with Gasteiger partial charge in [0.05, 0.1) is 5.54 Å². The predicted molar refractivity (Wildman–Crippen MR) is 65.7 cm³/mol. The second-order valence-electron chi connectivity index (χ2n) is 4.59. The van der Waals surface area contributed by atoms with Crippen LogP contribution in [0.5, 0.6) is 0 Å². The lowest BCUT2D eigenvalue weighted by Crippen LogP contribution is -2.55. The van der Waals surface area contributed by atoms with Gasteiger partial charge in [-0.15, -0.1) is 0 Å². The van der Waals surface area contributed by atoms with Crippen molar-refractivity contribution in [3.63, 3.8) is 0 Å². The molecule has 0 aliphatic heterocycles. The Kier molecular flexibility index (Phi) is 4.46. The maximum Gasteiger partial charge on any atom is 0.237 e. The van der Waals surface area contributed by atoms with E-state index in [-0.39, 0.29) is 5.91 Å². The molecule has 4 N–H and O–H groups in total. The molecule has 1 fully saturated rings. The molecule has 3 unspecified atom stereocenters. The van der Waals surface area contributed by atoms with Crippen LogP contribution in [0.3, 0.4) is 0 Å². The Morgan fingerprint density at radius 3 is 2.87 bits per heavy atom. The van der Waals surface area contributed by atoms with Crippen LogP contribution in [-0.4, -0.2) is 21.9 Å². The predicted octanol–water partition coefficient (Wildman–Crippen LogP) is 1.64. The Morgan fingerprint density at radius 2 is 2.33 bits per heavy atom. The number of thioether (sulfide) groups is 1. The van der Waals surface area contributed by atoms with Crippen molar-refractivity contribution in [2.24, 2.45) is 11.5 Å². The number of primary amides is 1. The Bertz CT molecular complexity index is 235. The molecule has 4 heteroatoms. The van der Waals surface area contributed by atoms with E-state index in [1.807, 2.05) is 11.8 Å². The van der Waals surface area contributed by atoms with E-state index in [1.165, 1.54) is 6.42 Å². The normalized spacial score (nSPS) is 33.7. The summed E-state index contributed by atoms with van der Waals surface area (Å²) in [5, 5.41) is 1.15. The molecule has 0 aromatic heterocycles. The summed E-state index contributed by atoms with van der Waals surface area (Å²) >= 11 is 1.95. The molecular weight excluding hydrogens is 208 g/mol. The van der Waals surface area contributed by atoms with E-state index in [0.29, 0.717) is 10.5 Å². The van der Waals surface area contributed by atoms with Crippen LogP contribution in [0.15, 0.2) is 0 Å². The summed E-state index contributed by atoms with van der Waals surface area (Å²) in [6, 6.07) is 0. The van der Waals surface area contributed by atoms with Crippen LogP contribution in [0.1, 0.15) is 46.0 Å². The first kappa shape index (κ1) is 12.8. The van der Waals surface area contributed by atoms with Gasteiger partial charge in [-0.2, -0.15) is 11.8 Å². The molecule has 0 heterocycles. The average Bonchev–Trinajstić information content (AvgIpc) is 2.17. The summed E-state index contributed by atoms with van der Waals surface area (Å²) in [4.78, 5) is 11.3. The molecule has 0 radical (unpaired) electrons. The van der Waals surface area contributed by atoms with Crippen LogP contribution in [0.4, 0.5) is 0 Å². The zero-order valence-corrected chi connectivity index (χ0v) is 10.5. The molecular formula is C11H22N2OS. The molecule has 3 atom stereocenters. The lowest BCUT2D eigenvalue weighted by atomic mass is 9.82. The Balaban J connectivity index is 2.52. The Morgan fingerprint density at radius 1 is 1.67 bits per heavy atom. The number of hydrogen-bond donors (Lipinski definition) is 2. The number of amides is 1. The second-order valence-corrected chi connectivity index (χ2v) is 6.34. The lowest BCUT2D eigenvalue weighted by molar-refractivity contribution is -0.124. The molecule has 0 aromatic carbocycles. The Labute approximate surface area is 96.3 Å². The second kappa shape index (κ2) is 5.21. The van der Waals surface area contributed by atoms with Crippen LogP contribution in [0.2, 0.25) is 0 Å². The summed E-state index contributed by atoms with van der Waals surface area (Å²) in [6.45, 7) is 4.41. The van der Waals surface area contributed by atoms with Gasteiger partial charge in [-0.25, -0.2) is 0 Å². The summed E-state index contributed by atoms with van der Waals surface area (Å²) < 4.78 is 0. The number of nitrogens with two attached hydrogens (primary N) is 2. The van der Waals surface area contributed by atoms with E-state index in [4.69, 9.17) is 11.5 Å². The fraction of sp³-hybridized carbons (Fsp3) is 0.909. The van der Waals surface area contributed by atoms with Crippen molar-refractivity contribution < 1.29 is 4.79 Å². The fourth-order valence-corrected chi connectivity index (χ4v) is 3.57. The van der Waals surface area contributed by atoms with Gasteiger partial charge >= 0.3 is 0 Å². The van der Waals surface area contributed by atoms with Crippen molar-refractivity contribution in [2.75, 3.05) is 0 Å². The van der Waals surface area contributed by atoms with E-state index in [2.05, 4.69) is 13.8 Å². The zero-order valence-electron chi connectivity index (χ0n) is 9.66. The summed E-state index contributed by atoms with van der Waals surface area (Å²) in [5.74, 6) is -0.336. The zero-order chi connectivity index (χ0) is 11.5. The summed E-state index contributed by atoms with van der Waals surface area (Å²) in [6.07, 6.45) is 4.85. The molecule has 1 rings (SSSR count). The quantitative estimate of drug-likeness (QED) is 0.771. The van der Waals surface area contributed by atoms with Crippen molar-refractivity contribution in [1.29, 1.82) is 0 Å². The van der Waals surface area contributed by atoms with Crippen LogP contribution >= 0.6 is 11.8 Å². The molecule has 1 aliphatic rings. The van der Waals surface area contributed by atoms with Gasteiger partial charge in [0.15, 0.2) is 0 Å². The SMILES string of the molecule is CCC(C)SC1CCCC(N)(C(N)=O)C1. The molecule has 15 heavy (non-hydrogen) atoms. The molecule has 0 bridgehead atoms. The van der Waals surface area contributed by atoms with E-state index in [0.717, 1.165) is 25.7 Å². The lowest BCUT2D eigenvalue weighted by Gasteiger charge is -2.36.